The molecule has 4 fully saturated rings. The van der Waals surface area contributed by atoms with E-state index >= 15 is 0 Å². The molecule has 4 aliphatic rings. The maximum atomic E-state index is 8.44. The van der Waals surface area contributed by atoms with E-state index in [0.29, 0.717) is 19.8 Å². The molecule has 3 heterocycles. The van der Waals surface area contributed by atoms with Gasteiger partial charge in [-0.1, -0.05) is 5.11 Å². The van der Waals surface area contributed by atoms with Crippen LogP contribution in [0.4, 0.5) is 0 Å². The molecule has 1 aliphatic heterocycles. The largest absolute Gasteiger partial charge is 0.491 e. The Morgan fingerprint density at radius 3 is 2.84 bits per heavy atom. The Morgan fingerprint density at radius 1 is 1.32 bits per heavy atom. The molecule has 0 N–H and O–H groups in total. The lowest BCUT2D eigenvalue weighted by atomic mass is 9.35. The Balaban J connectivity index is 1.19. The van der Waals surface area contributed by atoms with Crippen LogP contribution in [0.1, 0.15) is 25.5 Å². The molecule has 2 bridgehead atoms. The van der Waals surface area contributed by atoms with Crippen LogP contribution in [-0.4, -0.2) is 34.5 Å². The molecule has 0 radical (unpaired) electrons. The zero-order valence-corrected chi connectivity index (χ0v) is 13.7. The highest BCUT2D eigenvalue weighted by Crippen LogP contribution is 2.73. The second-order valence-corrected chi connectivity index (χ2v) is 7.54. The maximum absolute atomic E-state index is 8.44. The van der Waals surface area contributed by atoms with Crippen molar-refractivity contribution in [3.8, 4) is 17.1 Å². The standard InChI is InChI=1S/C17H18N6O2/c18-22-20-10-16-7-17(8-16,9-16)11-25-12-1-2-13(19-5-12)14-3-4-21-23(14)15-6-24-15/h1-5,15H,6-11H2. The molecule has 0 amide bonds. The van der Waals surface area contributed by atoms with Crippen LogP contribution in [-0.2, 0) is 4.74 Å². The molecule has 0 spiro atoms. The molecule has 8 heteroatoms. The molecule has 3 saturated carbocycles. The van der Waals surface area contributed by atoms with E-state index in [0.717, 1.165) is 36.4 Å². The number of hydrogen-bond donors (Lipinski definition) is 0. The second-order valence-electron chi connectivity index (χ2n) is 7.54. The maximum Gasteiger partial charge on any atom is 0.174 e. The highest BCUT2D eigenvalue weighted by Gasteiger charge is 2.67. The van der Waals surface area contributed by atoms with Crippen LogP contribution >= 0.6 is 0 Å². The van der Waals surface area contributed by atoms with E-state index in [4.69, 9.17) is 15.0 Å². The normalized spacial score (nSPS) is 31.4. The number of ether oxygens (including phenoxy) is 2. The van der Waals surface area contributed by atoms with Crippen molar-refractivity contribution in [2.24, 2.45) is 15.9 Å². The topological polar surface area (TPSA) is 101 Å². The quantitative estimate of drug-likeness (QED) is 0.334. The third-order valence-corrected chi connectivity index (χ3v) is 5.52. The fourth-order valence-electron chi connectivity index (χ4n) is 4.52. The van der Waals surface area contributed by atoms with E-state index in [2.05, 4.69) is 20.1 Å². The minimum Gasteiger partial charge on any atom is -0.491 e. The highest BCUT2D eigenvalue weighted by molar-refractivity contribution is 5.55. The molecule has 128 valence electrons. The summed E-state index contributed by atoms with van der Waals surface area (Å²) in [4.78, 5) is 7.37. The molecular formula is C17H18N6O2. The predicted octanol–water partition coefficient (Wildman–Crippen LogP) is 3.33. The Kier molecular flexibility index (Phi) is 3.07. The van der Waals surface area contributed by atoms with E-state index in [1.54, 1.807) is 12.4 Å². The van der Waals surface area contributed by atoms with Gasteiger partial charge in [0.2, 0.25) is 0 Å². The Morgan fingerprint density at radius 2 is 2.16 bits per heavy atom. The first kappa shape index (κ1) is 14.7. The van der Waals surface area contributed by atoms with Gasteiger partial charge >= 0.3 is 0 Å². The van der Waals surface area contributed by atoms with Crippen molar-refractivity contribution in [1.82, 2.24) is 14.8 Å². The van der Waals surface area contributed by atoms with Gasteiger partial charge in [0.1, 0.15) is 5.75 Å². The number of nitrogens with zero attached hydrogens (tertiary/aromatic N) is 6. The minimum atomic E-state index is 0.0460. The lowest BCUT2D eigenvalue weighted by Gasteiger charge is -2.70. The Hall–Kier alpha value is -2.57. The molecule has 1 atom stereocenters. The molecule has 25 heavy (non-hydrogen) atoms. The molecule has 0 aromatic carbocycles. The molecular weight excluding hydrogens is 320 g/mol. The first-order chi connectivity index (χ1) is 12.2. The van der Waals surface area contributed by atoms with E-state index in [1.165, 1.54) is 0 Å². The number of epoxide rings is 1. The van der Waals surface area contributed by atoms with Crippen LogP contribution in [0, 0.1) is 10.8 Å². The molecule has 3 aliphatic carbocycles. The average molecular weight is 338 g/mol. The summed E-state index contributed by atoms with van der Waals surface area (Å²) in [5.41, 5.74) is 10.8. The third kappa shape index (κ3) is 2.45. The first-order valence-corrected chi connectivity index (χ1v) is 8.46. The van der Waals surface area contributed by atoms with Gasteiger partial charge in [0, 0.05) is 23.1 Å². The highest BCUT2D eigenvalue weighted by atomic mass is 16.6. The summed E-state index contributed by atoms with van der Waals surface area (Å²) in [5, 5.41) is 8.01. The van der Waals surface area contributed by atoms with Crippen LogP contribution in [0.5, 0.6) is 5.75 Å². The first-order valence-electron chi connectivity index (χ1n) is 8.46. The number of rotatable bonds is 7. The van der Waals surface area contributed by atoms with E-state index in [9.17, 15) is 0 Å². The molecule has 6 rings (SSSR count). The van der Waals surface area contributed by atoms with Crippen molar-refractivity contribution in [1.29, 1.82) is 0 Å². The summed E-state index contributed by atoms with van der Waals surface area (Å²) in [5.74, 6) is 0.784. The average Bonchev–Trinajstić information content (AvgIpc) is 3.30. The van der Waals surface area contributed by atoms with Crippen LogP contribution in [0.25, 0.3) is 21.8 Å². The monoisotopic (exact) mass is 338 g/mol. The van der Waals surface area contributed by atoms with Gasteiger partial charge in [-0.3, -0.25) is 4.98 Å². The minimum absolute atomic E-state index is 0.0460. The summed E-state index contributed by atoms with van der Waals surface area (Å²) >= 11 is 0. The lowest BCUT2D eigenvalue weighted by Crippen LogP contribution is -2.65. The van der Waals surface area contributed by atoms with Crippen molar-refractivity contribution in [2.75, 3.05) is 19.8 Å². The van der Waals surface area contributed by atoms with E-state index in [-0.39, 0.29) is 17.1 Å². The molecule has 1 saturated heterocycles. The number of pyridine rings is 1. The number of hydrogen-bond acceptors (Lipinski definition) is 5. The summed E-state index contributed by atoms with van der Waals surface area (Å²) in [6.07, 6.45) is 6.88. The fourth-order valence-corrected chi connectivity index (χ4v) is 4.52. The van der Waals surface area contributed by atoms with Crippen LogP contribution in [0.3, 0.4) is 0 Å². The van der Waals surface area contributed by atoms with Gasteiger partial charge in [-0.2, -0.15) is 5.10 Å². The van der Waals surface area contributed by atoms with Gasteiger partial charge in [0.15, 0.2) is 6.23 Å². The predicted molar refractivity (Wildman–Crippen MR) is 88.7 cm³/mol. The van der Waals surface area contributed by atoms with Gasteiger partial charge in [0.05, 0.1) is 30.8 Å². The van der Waals surface area contributed by atoms with Crippen molar-refractivity contribution < 1.29 is 9.47 Å². The third-order valence-electron chi connectivity index (χ3n) is 5.52. The lowest BCUT2D eigenvalue weighted by molar-refractivity contribution is -0.211. The smallest absolute Gasteiger partial charge is 0.174 e. The van der Waals surface area contributed by atoms with Gasteiger partial charge in [-0.05, 0) is 48.4 Å². The van der Waals surface area contributed by atoms with Gasteiger partial charge in [-0.25, -0.2) is 4.68 Å². The Labute approximate surface area is 144 Å². The molecule has 2 aromatic heterocycles. The zero-order chi connectivity index (χ0) is 16.9. The van der Waals surface area contributed by atoms with Crippen molar-refractivity contribution in [3.05, 3.63) is 41.0 Å². The number of aromatic nitrogens is 3. The van der Waals surface area contributed by atoms with E-state index < -0.39 is 0 Å². The molecule has 2 aromatic rings. The van der Waals surface area contributed by atoms with Gasteiger partial charge in [0.25, 0.3) is 0 Å². The van der Waals surface area contributed by atoms with Crippen molar-refractivity contribution in [3.63, 3.8) is 0 Å². The molecule has 1 unspecified atom stereocenters. The van der Waals surface area contributed by atoms with Crippen molar-refractivity contribution in [2.45, 2.75) is 25.5 Å². The second kappa shape index (κ2) is 5.21. The van der Waals surface area contributed by atoms with Crippen molar-refractivity contribution >= 4 is 0 Å². The fraction of sp³-hybridized carbons (Fsp3) is 0.529. The van der Waals surface area contributed by atoms with E-state index in [1.807, 2.05) is 22.9 Å². The summed E-state index contributed by atoms with van der Waals surface area (Å²) in [6.45, 7) is 2.04. The molecule has 8 nitrogen and oxygen atoms in total. The van der Waals surface area contributed by atoms with Crippen LogP contribution in [0.15, 0.2) is 35.7 Å². The summed E-state index contributed by atoms with van der Waals surface area (Å²) in [6, 6.07) is 5.85. The SMILES string of the molecule is [N-]=[N+]=NCC12CC(COc3ccc(-c4ccnn4C4CO4)nc3)(C1)C2. The van der Waals surface area contributed by atoms with Crippen LogP contribution in [0.2, 0.25) is 0 Å². The number of azide groups is 1. The Bertz CT molecular complexity index is 831. The summed E-state index contributed by atoms with van der Waals surface area (Å²) in [7, 11) is 0. The summed E-state index contributed by atoms with van der Waals surface area (Å²) < 4.78 is 13.1. The van der Waals surface area contributed by atoms with Crippen LogP contribution < -0.4 is 4.74 Å². The van der Waals surface area contributed by atoms with Gasteiger partial charge < -0.3 is 9.47 Å². The zero-order valence-electron chi connectivity index (χ0n) is 13.7. The van der Waals surface area contributed by atoms with Gasteiger partial charge in [-0.15, -0.1) is 0 Å².